The number of hydrogen-bond donors (Lipinski definition) is 1. The van der Waals surface area contributed by atoms with Gasteiger partial charge in [-0.1, -0.05) is 94.1 Å². The van der Waals surface area contributed by atoms with Crippen molar-refractivity contribution >= 4 is 51.9 Å². The van der Waals surface area contributed by atoms with Crippen LogP contribution in [0.4, 0.5) is 17.1 Å². The highest BCUT2D eigenvalue weighted by Crippen LogP contribution is 2.56. The van der Waals surface area contributed by atoms with Gasteiger partial charge in [0.2, 0.25) is 0 Å². The summed E-state index contributed by atoms with van der Waals surface area (Å²) in [6.45, 7) is 4.52. The number of fused-ring (bicyclic) bond motifs is 4. The molecule has 0 aliphatic heterocycles. The van der Waals surface area contributed by atoms with Crippen LogP contribution in [-0.4, -0.2) is 24.8 Å². The van der Waals surface area contributed by atoms with E-state index in [0.717, 1.165) is 72.9 Å². The lowest BCUT2D eigenvalue weighted by molar-refractivity contribution is -0.132. The van der Waals surface area contributed by atoms with E-state index in [1.54, 1.807) is 12.3 Å². The zero-order valence-corrected chi connectivity index (χ0v) is 29.0. The van der Waals surface area contributed by atoms with E-state index in [1.165, 1.54) is 28.3 Å². The zero-order valence-electron chi connectivity index (χ0n) is 28.1. The molecular formula is C42H37N5O2S. The second kappa shape index (κ2) is 14.1. The molecule has 50 heavy (non-hydrogen) atoms. The molecule has 2 heterocycles. The molecule has 0 radical (unpaired) electrons. The molecule has 0 atom stereocenters. The summed E-state index contributed by atoms with van der Waals surface area (Å²) in [7, 11) is 0. The van der Waals surface area contributed by atoms with Crippen LogP contribution in [0.15, 0.2) is 109 Å². The van der Waals surface area contributed by atoms with Gasteiger partial charge in [0.1, 0.15) is 22.7 Å². The van der Waals surface area contributed by atoms with E-state index in [4.69, 9.17) is 4.98 Å². The molecule has 0 amide bonds. The number of hydrogen-bond acceptors (Lipinski definition) is 7. The summed E-state index contributed by atoms with van der Waals surface area (Å²) in [6.07, 6.45) is 9.37. The minimum Gasteiger partial charge on any atom is -0.477 e. The Bertz CT molecular complexity index is 2210. The van der Waals surface area contributed by atoms with Gasteiger partial charge in [0.25, 0.3) is 0 Å². The van der Waals surface area contributed by atoms with Gasteiger partial charge < -0.3 is 10.0 Å². The third-order valence-corrected chi connectivity index (χ3v) is 10.3. The maximum Gasteiger partial charge on any atom is 0.346 e. The number of pyridine rings is 1. The Morgan fingerprint density at radius 2 is 1.42 bits per heavy atom. The Balaban J connectivity index is 1.40. The summed E-state index contributed by atoms with van der Waals surface area (Å²) < 4.78 is 9.07. The Morgan fingerprint density at radius 3 is 2.02 bits per heavy atom. The fourth-order valence-corrected chi connectivity index (χ4v) is 7.96. The molecule has 2 aromatic heterocycles. The van der Waals surface area contributed by atoms with Gasteiger partial charge in [-0.05, 0) is 83.6 Å². The van der Waals surface area contributed by atoms with Crippen LogP contribution in [0.3, 0.4) is 0 Å². The molecule has 1 aliphatic rings. The quantitative estimate of drug-likeness (QED) is 0.102. The molecule has 4 aromatic carbocycles. The van der Waals surface area contributed by atoms with Crippen LogP contribution >= 0.6 is 11.7 Å². The molecule has 6 aromatic rings. The SMILES string of the molecule is CCCCC1(CCCC)c2cc(-c3ncc(/C=C(\C#N)C(=O)O)c4nsnc34)ccc2-c2ccc(N(c3ccccc3)c3ccccc3)cc21. The first-order valence-electron chi connectivity index (χ1n) is 17.2. The monoisotopic (exact) mass is 675 g/mol. The van der Waals surface area contributed by atoms with Crippen LogP contribution in [0, 0.1) is 11.3 Å². The van der Waals surface area contributed by atoms with Crippen LogP contribution in [0.5, 0.6) is 0 Å². The zero-order chi connectivity index (χ0) is 34.7. The number of nitrogens with zero attached hydrogens (tertiary/aromatic N) is 5. The van der Waals surface area contributed by atoms with Crippen molar-refractivity contribution < 1.29 is 9.90 Å². The summed E-state index contributed by atoms with van der Waals surface area (Å²) in [5, 5.41) is 18.8. The van der Waals surface area contributed by atoms with Crippen molar-refractivity contribution in [2.24, 2.45) is 0 Å². The molecule has 1 N–H and O–H groups in total. The van der Waals surface area contributed by atoms with Crippen molar-refractivity contribution in [1.29, 1.82) is 5.26 Å². The highest BCUT2D eigenvalue weighted by molar-refractivity contribution is 7.00. The number of nitriles is 1. The number of carboxylic acids is 1. The van der Waals surface area contributed by atoms with E-state index in [9.17, 15) is 15.2 Å². The van der Waals surface area contributed by atoms with Gasteiger partial charge in [-0.3, -0.25) is 4.98 Å². The predicted octanol–water partition coefficient (Wildman–Crippen LogP) is 10.9. The highest BCUT2D eigenvalue weighted by atomic mass is 32.1. The van der Waals surface area contributed by atoms with Gasteiger partial charge in [0.15, 0.2) is 0 Å². The number of unbranched alkanes of at least 4 members (excludes halogenated alkanes) is 2. The van der Waals surface area contributed by atoms with E-state index in [-0.39, 0.29) is 11.0 Å². The Hall–Kier alpha value is -5.65. The van der Waals surface area contributed by atoms with Crippen molar-refractivity contribution in [2.75, 3.05) is 4.90 Å². The van der Waals surface area contributed by atoms with E-state index in [0.29, 0.717) is 22.3 Å². The molecule has 0 fully saturated rings. The number of anilines is 3. The fourth-order valence-electron chi connectivity index (χ4n) is 7.40. The summed E-state index contributed by atoms with van der Waals surface area (Å²) in [6, 6.07) is 36.5. The maximum atomic E-state index is 11.6. The van der Waals surface area contributed by atoms with Crippen molar-refractivity contribution in [3.8, 4) is 28.5 Å². The number of rotatable bonds is 12. The number of carbonyl (C=O) groups is 1. The number of aromatic nitrogens is 3. The average molecular weight is 676 g/mol. The first-order valence-corrected chi connectivity index (χ1v) is 17.9. The second-order valence-corrected chi connectivity index (χ2v) is 13.3. The number of aliphatic carboxylic acids is 1. The summed E-state index contributed by atoms with van der Waals surface area (Å²) in [5.41, 5.74) is 11.2. The van der Waals surface area contributed by atoms with Gasteiger partial charge in [-0.15, -0.1) is 0 Å². The van der Waals surface area contributed by atoms with Crippen molar-refractivity contribution in [3.05, 3.63) is 126 Å². The van der Waals surface area contributed by atoms with E-state index in [1.807, 2.05) is 0 Å². The summed E-state index contributed by atoms with van der Waals surface area (Å²) >= 11 is 1.05. The molecule has 0 spiro atoms. The largest absolute Gasteiger partial charge is 0.477 e. The summed E-state index contributed by atoms with van der Waals surface area (Å²) in [5.74, 6) is -1.29. The fraction of sp³-hybridized carbons (Fsp3) is 0.214. The van der Waals surface area contributed by atoms with Gasteiger partial charge >= 0.3 is 5.97 Å². The molecule has 1 aliphatic carbocycles. The van der Waals surface area contributed by atoms with Crippen molar-refractivity contribution in [3.63, 3.8) is 0 Å². The van der Waals surface area contributed by atoms with E-state index >= 15 is 0 Å². The third kappa shape index (κ3) is 5.84. The maximum absolute atomic E-state index is 11.6. The number of para-hydroxylation sites is 2. The standard InChI is InChI=1S/C42H37N5O2S/c1-3-5-21-42(22-6-4-2)36-24-28(38-40-39(45-50-46-40)30(27-44-38)23-29(26-43)41(48)49)17-19-34(36)35-20-18-33(25-37(35)42)47(31-13-9-7-10-14-31)32-15-11-8-12-16-32/h7-20,23-25,27H,3-6,21-22H2,1-2H3,(H,48,49)/b29-23+. The molecule has 0 saturated carbocycles. The third-order valence-electron chi connectivity index (χ3n) is 9.79. The molecule has 248 valence electrons. The molecule has 8 heteroatoms. The first-order chi connectivity index (χ1) is 24.5. The number of benzene rings is 4. The first kappa shape index (κ1) is 32.9. The summed E-state index contributed by atoms with van der Waals surface area (Å²) in [4.78, 5) is 18.7. The molecule has 7 rings (SSSR count). The van der Waals surface area contributed by atoms with Crippen molar-refractivity contribution in [1.82, 2.24) is 13.7 Å². The minimum absolute atomic E-state index is 0.187. The lowest BCUT2D eigenvalue weighted by Gasteiger charge is -2.34. The van der Waals surface area contributed by atoms with Crippen LogP contribution < -0.4 is 4.90 Å². The van der Waals surface area contributed by atoms with Gasteiger partial charge in [0, 0.05) is 39.8 Å². The lowest BCUT2D eigenvalue weighted by atomic mass is 9.70. The molecular weight excluding hydrogens is 639 g/mol. The second-order valence-electron chi connectivity index (χ2n) is 12.8. The van der Waals surface area contributed by atoms with Crippen LogP contribution in [0.25, 0.3) is 39.5 Å². The topological polar surface area (TPSA) is 103 Å². The molecule has 0 unspecified atom stereocenters. The van der Waals surface area contributed by atoms with Gasteiger partial charge in [-0.25, -0.2) is 4.79 Å². The minimum atomic E-state index is -1.29. The Morgan fingerprint density at radius 1 is 0.820 bits per heavy atom. The average Bonchev–Trinajstić information content (AvgIpc) is 3.75. The van der Waals surface area contributed by atoms with E-state index < -0.39 is 5.97 Å². The van der Waals surface area contributed by atoms with Gasteiger partial charge in [-0.2, -0.15) is 14.0 Å². The van der Waals surface area contributed by atoms with Gasteiger partial charge in [0.05, 0.1) is 17.4 Å². The normalized spacial score (nSPS) is 13.1. The Labute approximate surface area is 296 Å². The highest BCUT2D eigenvalue weighted by Gasteiger charge is 2.43. The van der Waals surface area contributed by atoms with Crippen LogP contribution in [-0.2, 0) is 10.2 Å². The van der Waals surface area contributed by atoms with Crippen LogP contribution in [0.1, 0.15) is 69.1 Å². The van der Waals surface area contributed by atoms with Crippen LogP contribution in [0.2, 0.25) is 0 Å². The van der Waals surface area contributed by atoms with Crippen molar-refractivity contribution in [2.45, 2.75) is 57.8 Å². The predicted molar refractivity (Wildman–Crippen MR) is 202 cm³/mol. The Kier molecular flexibility index (Phi) is 9.25. The number of carboxylic acid groups (broad SMARTS) is 1. The molecule has 0 saturated heterocycles. The lowest BCUT2D eigenvalue weighted by Crippen LogP contribution is -2.26. The van der Waals surface area contributed by atoms with E-state index in [2.05, 4.69) is 125 Å². The molecule has 0 bridgehead atoms. The smallest absolute Gasteiger partial charge is 0.346 e. The molecule has 7 nitrogen and oxygen atoms in total.